The number of halogens is 1. The van der Waals surface area contributed by atoms with Crippen LogP contribution in [0.1, 0.15) is 0 Å². The molecular weight excluding hydrogens is 172 g/mol. The minimum atomic E-state index is 0. The smallest absolute Gasteiger partial charge is 0.167 e. The highest BCUT2D eigenvalue weighted by Crippen LogP contribution is 1.77. The Morgan fingerprint density at radius 2 is 2.00 bits per heavy atom. The first-order chi connectivity index (χ1) is 2.77. The van der Waals surface area contributed by atoms with Gasteiger partial charge in [-0.25, -0.2) is 0 Å². The van der Waals surface area contributed by atoms with E-state index in [1.807, 2.05) is 0 Å². The predicted molar refractivity (Wildman–Crippen MR) is 32.9 cm³/mol. The molecule has 0 rings (SSSR count). The normalized spacial score (nSPS) is 7.14. The van der Waals surface area contributed by atoms with Crippen LogP contribution < -0.4 is 17.0 Å². The van der Waals surface area contributed by atoms with Crippen LogP contribution in [0, 0.1) is 12.3 Å². The van der Waals surface area contributed by atoms with Gasteiger partial charge in [-0.05, 0) is 10.9 Å². The van der Waals surface area contributed by atoms with Gasteiger partial charge < -0.3 is 17.0 Å². The maximum absolute atomic E-state index is 4.99. The topological polar surface area (TPSA) is 0 Å². The zero-order valence-electron chi connectivity index (χ0n) is 4.57. The van der Waals surface area contributed by atoms with E-state index < -0.39 is 0 Å². The zero-order chi connectivity index (χ0) is 4.99. The van der Waals surface area contributed by atoms with Crippen LogP contribution in [-0.4, -0.2) is 18.3 Å². The van der Waals surface area contributed by atoms with Gasteiger partial charge in [0.15, 0.2) is 5.75 Å². The molecule has 0 N–H and O–H groups in total. The molecule has 0 spiro atoms. The van der Waals surface area contributed by atoms with Gasteiger partial charge in [-0.3, -0.25) is 0 Å². The summed E-state index contributed by atoms with van der Waals surface area (Å²) in [7, 11) is 0.448. The molecule has 7 heavy (non-hydrogen) atoms. The van der Waals surface area contributed by atoms with Crippen molar-refractivity contribution in [2.75, 3.05) is 18.3 Å². The molecule has 0 saturated heterocycles. The van der Waals surface area contributed by atoms with Gasteiger partial charge in [0.1, 0.15) is 0 Å². The molecule has 0 radical (unpaired) electrons. The standard InChI is InChI=1S/C5H9S.BrH/c1-4-5-6(2)3;/h1H,5H2,2-3H3;1H/q+1;/p-1. The van der Waals surface area contributed by atoms with Crippen molar-refractivity contribution in [3.63, 3.8) is 0 Å². The molecule has 2 heteroatoms. The summed E-state index contributed by atoms with van der Waals surface area (Å²) in [5.74, 6) is 3.51. The first-order valence-electron chi connectivity index (χ1n) is 1.75. The predicted octanol–water partition coefficient (Wildman–Crippen LogP) is -2.50. The Balaban J connectivity index is 0. The second kappa shape index (κ2) is 6.39. The molecule has 0 amide bonds. The summed E-state index contributed by atoms with van der Waals surface area (Å²) in [6.45, 7) is 0. The van der Waals surface area contributed by atoms with Crippen molar-refractivity contribution in [1.82, 2.24) is 0 Å². The average molecular weight is 181 g/mol. The molecule has 0 aliphatic rings. The summed E-state index contributed by atoms with van der Waals surface area (Å²) >= 11 is 0. The van der Waals surface area contributed by atoms with Crippen molar-refractivity contribution in [1.29, 1.82) is 0 Å². The van der Waals surface area contributed by atoms with Crippen LogP contribution in [0.3, 0.4) is 0 Å². The number of hydrogen-bond acceptors (Lipinski definition) is 0. The van der Waals surface area contributed by atoms with E-state index in [9.17, 15) is 0 Å². The van der Waals surface area contributed by atoms with Crippen LogP contribution in [0.2, 0.25) is 0 Å². The highest BCUT2D eigenvalue weighted by molar-refractivity contribution is 7.95. The van der Waals surface area contributed by atoms with E-state index in [2.05, 4.69) is 18.4 Å². The third-order valence-corrected chi connectivity index (χ3v) is 1.12. The minimum absolute atomic E-state index is 0. The van der Waals surface area contributed by atoms with Crippen molar-refractivity contribution < 1.29 is 17.0 Å². The summed E-state index contributed by atoms with van der Waals surface area (Å²) in [4.78, 5) is 0. The Hall–Kier alpha value is 0.390. The summed E-state index contributed by atoms with van der Waals surface area (Å²) in [5, 5.41) is 0. The average Bonchev–Trinajstić information content (AvgIpc) is 1.35. The fraction of sp³-hybridized carbons (Fsp3) is 0.600. The fourth-order valence-corrected chi connectivity index (χ4v) is 0.500. The number of terminal acetylenes is 1. The molecule has 0 aliphatic heterocycles. The monoisotopic (exact) mass is 180 g/mol. The van der Waals surface area contributed by atoms with Crippen molar-refractivity contribution in [2.45, 2.75) is 0 Å². The lowest BCUT2D eigenvalue weighted by atomic mass is 10.8. The largest absolute Gasteiger partial charge is 1.00 e. The van der Waals surface area contributed by atoms with Crippen LogP contribution in [0.25, 0.3) is 0 Å². The Kier molecular flexibility index (Phi) is 9.48. The Bertz CT molecular complexity index is 63.0. The molecule has 0 atom stereocenters. The third kappa shape index (κ3) is 10.7. The maximum atomic E-state index is 4.99. The molecule has 42 valence electrons. The van der Waals surface area contributed by atoms with Crippen molar-refractivity contribution >= 4 is 10.9 Å². The molecule has 0 aromatic carbocycles. The maximum Gasteiger partial charge on any atom is 0.167 e. The van der Waals surface area contributed by atoms with Crippen LogP contribution in [-0.2, 0) is 10.9 Å². The molecular formula is C5H9BrS. The number of rotatable bonds is 1. The first-order valence-corrected chi connectivity index (χ1v) is 3.96. The Morgan fingerprint density at radius 3 is 2.00 bits per heavy atom. The van der Waals surface area contributed by atoms with Gasteiger partial charge in [-0.1, -0.05) is 5.92 Å². The van der Waals surface area contributed by atoms with Gasteiger partial charge >= 0.3 is 0 Å². The lowest BCUT2D eigenvalue weighted by molar-refractivity contribution is -0.00000142. The molecule has 0 unspecified atom stereocenters. The van der Waals surface area contributed by atoms with E-state index in [1.54, 1.807) is 0 Å². The van der Waals surface area contributed by atoms with E-state index in [0.717, 1.165) is 5.75 Å². The van der Waals surface area contributed by atoms with E-state index in [4.69, 9.17) is 6.42 Å². The Morgan fingerprint density at radius 1 is 1.57 bits per heavy atom. The second-order valence-electron chi connectivity index (χ2n) is 1.33. The van der Waals surface area contributed by atoms with Crippen LogP contribution in [0.4, 0.5) is 0 Å². The highest BCUT2D eigenvalue weighted by Gasteiger charge is 1.92. The van der Waals surface area contributed by atoms with Crippen molar-refractivity contribution in [3.05, 3.63) is 0 Å². The van der Waals surface area contributed by atoms with Gasteiger partial charge in [-0.15, -0.1) is 6.42 Å². The van der Waals surface area contributed by atoms with E-state index in [0.29, 0.717) is 10.9 Å². The number of hydrogen-bond donors (Lipinski definition) is 0. The SMILES string of the molecule is C#CC[S+](C)C.[Br-]. The molecule has 0 nitrogen and oxygen atoms in total. The summed E-state index contributed by atoms with van der Waals surface area (Å²) in [6.07, 6.45) is 9.26. The lowest BCUT2D eigenvalue weighted by Gasteiger charge is -1.81. The molecule has 0 aliphatic carbocycles. The first kappa shape index (κ1) is 10.4. The van der Waals surface area contributed by atoms with Crippen LogP contribution >= 0.6 is 0 Å². The summed E-state index contributed by atoms with van der Waals surface area (Å²) in [6, 6.07) is 0. The second-order valence-corrected chi connectivity index (χ2v) is 3.59. The quantitative estimate of drug-likeness (QED) is 0.310. The van der Waals surface area contributed by atoms with Gasteiger partial charge in [0, 0.05) is 0 Å². The van der Waals surface area contributed by atoms with Crippen LogP contribution in [0.15, 0.2) is 0 Å². The lowest BCUT2D eigenvalue weighted by Crippen LogP contribution is -3.00. The van der Waals surface area contributed by atoms with Gasteiger partial charge in [0.2, 0.25) is 0 Å². The molecule has 0 saturated carbocycles. The summed E-state index contributed by atoms with van der Waals surface area (Å²) < 4.78 is 0. The van der Waals surface area contributed by atoms with E-state index in [-0.39, 0.29) is 17.0 Å². The van der Waals surface area contributed by atoms with Gasteiger partial charge in [0.25, 0.3) is 0 Å². The summed E-state index contributed by atoms with van der Waals surface area (Å²) in [5.41, 5.74) is 0. The highest BCUT2D eigenvalue weighted by atomic mass is 79.9. The van der Waals surface area contributed by atoms with E-state index in [1.165, 1.54) is 0 Å². The fourth-order valence-electron chi connectivity index (χ4n) is 0.167. The van der Waals surface area contributed by atoms with Gasteiger partial charge in [0.05, 0.1) is 12.5 Å². The molecule has 0 bridgehead atoms. The van der Waals surface area contributed by atoms with E-state index >= 15 is 0 Å². The Labute approximate surface area is 58.8 Å². The van der Waals surface area contributed by atoms with Gasteiger partial charge in [-0.2, -0.15) is 0 Å². The minimum Gasteiger partial charge on any atom is -1.00 e. The zero-order valence-corrected chi connectivity index (χ0v) is 6.97. The van der Waals surface area contributed by atoms with Crippen molar-refractivity contribution in [2.24, 2.45) is 0 Å². The molecule has 0 aromatic rings. The molecule has 0 aromatic heterocycles. The third-order valence-electron chi connectivity index (χ3n) is 0.372. The molecule has 0 fully saturated rings. The van der Waals surface area contributed by atoms with Crippen molar-refractivity contribution in [3.8, 4) is 12.3 Å². The molecule has 0 heterocycles. The van der Waals surface area contributed by atoms with Crippen LogP contribution in [0.5, 0.6) is 0 Å².